The lowest BCUT2D eigenvalue weighted by Gasteiger charge is -2.14. The number of carbonyl (C=O) groups excluding carboxylic acids is 1. The molecule has 4 heteroatoms. The number of carbonyl (C=O) groups is 1. The Morgan fingerprint density at radius 2 is 2.00 bits per heavy atom. The predicted octanol–water partition coefficient (Wildman–Crippen LogP) is 1.48. The van der Waals surface area contributed by atoms with Crippen molar-refractivity contribution in [3.63, 3.8) is 0 Å². The standard InChI is InChI=1S/C13H20N2O2/c1-10(15-9-8-13(16)14-2)11-4-6-12(17-3)7-5-11/h4-7,10,15H,8-9H2,1-3H3,(H,14,16)/t10-/m0/s1. The van der Waals surface area contributed by atoms with Crippen molar-refractivity contribution in [3.05, 3.63) is 29.8 Å². The number of hydrogen-bond donors (Lipinski definition) is 2. The lowest BCUT2D eigenvalue weighted by Crippen LogP contribution is -2.26. The topological polar surface area (TPSA) is 50.4 Å². The second-order valence-electron chi connectivity index (χ2n) is 3.87. The van der Waals surface area contributed by atoms with Crippen molar-refractivity contribution in [1.82, 2.24) is 10.6 Å². The van der Waals surface area contributed by atoms with Gasteiger partial charge in [0.25, 0.3) is 0 Å². The maximum Gasteiger partial charge on any atom is 0.221 e. The van der Waals surface area contributed by atoms with Crippen LogP contribution in [0.25, 0.3) is 0 Å². The van der Waals surface area contributed by atoms with Crippen molar-refractivity contribution < 1.29 is 9.53 Å². The van der Waals surface area contributed by atoms with E-state index < -0.39 is 0 Å². The number of benzene rings is 1. The highest BCUT2D eigenvalue weighted by molar-refractivity contribution is 5.75. The molecule has 2 N–H and O–H groups in total. The maximum absolute atomic E-state index is 11.0. The largest absolute Gasteiger partial charge is 0.497 e. The van der Waals surface area contributed by atoms with Gasteiger partial charge in [0.1, 0.15) is 5.75 Å². The number of nitrogens with one attached hydrogen (secondary N) is 2. The molecular weight excluding hydrogens is 216 g/mol. The first-order chi connectivity index (χ1) is 8.17. The van der Waals surface area contributed by atoms with E-state index in [9.17, 15) is 4.79 Å². The molecule has 0 bridgehead atoms. The van der Waals surface area contributed by atoms with Crippen molar-refractivity contribution in [3.8, 4) is 5.75 Å². The van der Waals surface area contributed by atoms with Crippen LogP contribution in [0.4, 0.5) is 0 Å². The summed E-state index contributed by atoms with van der Waals surface area (Å²) in [6.45, 7) is 2.75. The zero-order valence-corrected chi connectivity index (χ0v) is 10.6. The molecule has 0 aliphatic rings. The van der Waals surface area contributed by atoms with Gasteiger partial charge in [-0.25, -0.2) is 0 Å². The Kier molecular flexibility index (Phi) is 5.49. The molecule has 0 heterocycles. The summed E-state index contributed by atoms with van der Waals surface area (Å²) in [5.41, 5.74) is 1.18. The molecule has 0 saturated carbocycles. The Bertz CT molecular complexity index is 349. The van der Waals surface area contributed by atoms with E-state index in [0.29, 0.717) is 13.0 Å². The van der Waals surface area contributed by atoms with Crippen LogP contribution in [-0.4, -0.2) is 26.6 Å². The van der Waals surface area contributed by atoms with E-state index in [1.165, 1.54) is 5.56 Å². The first kappa shape index (κ1) is 13.5. The third-order valence-corrected chi connectivity index (χ3v) is 2.70. The molecule has 0 spiro atoms. The molecule has 17 heavy (non-hydrogen) atoms. The minimum absolute atomic E-state index is 0.0550. The molecule has 0 aliphatic heterocycles. The van der Waals surface area contributed by atoms with Gasteiger partial charge in [-0.2, -0.15) is 0 Å². The van der Waals surface area contributed by atoms with E-state index in [0.717, 1.165) is 5.75 Å². The fraction of sp³-hybridized carbons (Fsp3) is 0.462. The highest BCUT2D eigenvalue weighted by Crippen LogP contribution is 2.16. The quantitative estimate of drug-likeness (QED) is 0.786. The van der Waals surface area contributed by atoms with E-state index in [2.05, 4.69) is 17.6 Å². The Balaban J connectivity index is 2.40. The molecule has 0 aliphatic carbocycles. The molecule has 0 aromatic heterocycles. The molecule has 1 rings (SSSR count). The van der Waals surface area contributed by atoms with E-state index in [-0.39, 0.29) is 11.9 Å². The van der Waals surface area contributed by atoms with Gasteiger partial charge in [0.2, 0.25) is 5.91 Å². The summed E-state index contributed by atoms with van der Waals surface area (Å²) in [7, 11) is 3.30. The predicted molar refractivity (Wildman–Crippen MR) is 68.1 cm³/mol. The molecule has 0 saturated heterocycles. The van der Waals surface area contributed by atoms with Gasteiger partial charge < -0.3 is 15.4 Å². The first-order valence-corrected chi connectivity index (χ1v) is 5.75. The molecule has 0 unspecified atom stereocenters. The van der Waals surface area contributed by atoms with Crippen LogP contribution in [0.15, 0.2) is 24.3 Å². The van der Waals surface area contributed by atoms with Crippen LogP contribution in [0.5, 0.6) is 5.75 Å². The number of amides is 1. The summed E-state index contributed by atoms with van der Waals surface area (Å²) in [4.78, 5) is 11.0. The van der Waals surface area contributed by atoms with Gasteiger partial charge in [0.15, 0.2) is 0 Å². The van der Waals surface area contributed by atoms with Crippen molar-refractivity contribution in [2.45, 2.75) is 19.4 Å². The zero-order chi connectivity index (χ0) is 12.7. The number of hydrogen-bond acceptors (Lipinski definition) is 3. The molecule has 1 atom stereocenters. The van der Waals surface area contributed by atoms with Gasteiger partial charge in [-0.15, -0.1) is 0 Å². The Labute approximate surface area is 102 Å². The monoisotopic (exact) mass is 236 g/mol. The van der Waals surface area contributed by atoms with Crippen molar-refractivity contribution in [2.75, 3.05) is 20.7 Å². The van der Waals surface area contributed by atoms with Gasteiger partial charge in [0.05, 0.1) is 7.11 Å². The smallest absolute Gasteiger partial charge is 0.221 e. The highest BCUT2D eigenvalue weighted by atomic mass is 16.5. The van der Waals surface area contributed by atoms with Crippen molar-refractivity contribution >= 4 is 5.91 Å². The first-order valence-electron chi connectivity index (χ1n) is 5.75. The maximum atomic E-state index is 11.0. The van der Waals surface area contributed by atoms with Gasteiger partial charge in [-0.05, 0) is 24.6 Å². The van der Waals surface area contributed by atoms with Crippen LogP contribution in [0.3, 0.4) is 0 Å². The summed E-state index contributed by atoms with van der Waals surface area (Å²) in [6, 6.07) is 8.15. The number of rotatable bonds is 6. The third-order valence-electron chi connectivity index (χ3n) is 2.70. The number of methoxy groups -OCH3 is 1. The van der Waals surface area contributed by atoms with Crippen LogP contribution in [0.2, 0.25) is 0 Å². The summed E-state index contributed by atoms with van der Waals surface area (Å²) in [6.07, 6.45) is 0.497. The van der Waals surface area contributed by atoms with E-state index in [1.54, 1.807) is 14.2 Å². The normalized spacial score (nSPS) is 11.9. The third kappa shape index (κ3) is 4.44. The Morgan fingerprint density at radius 3 is 2.53 bits per heavy atom. The van der Waals surface area contributed by atoms with Crippen LogP contribution in [-0.2, 0) is 4.79 Å². The summed E-state index contributed by atoms with van der Waals surface area (Å²) in [5, 5.41) is 5.90. The summed E-state index contributed by atoms with van der Waals surface area (Å²) in [5.74, 6) is 0.908. The molecule has 0 fully saturated rings. The summed E-state index contributed by atoms with van der Waals surface area (Å²) >= 11 is 0. The molecule has 0 radical (unpaired) electrons. The number of ether oxygens (including phenoxy) is 1. The SMILES string of the molecule is CNC(=O)CCN[C@@H](C)c1ccc(OC)cc1. The molecule has 1 aromatic rings. The highest BCUT2D eigenvalue weighted by Gasteiger charge is 2.05. The second-order valence-corrected chi connectivity index (χ2v) is 3.87. The average molecular weight is 236 g/mol. The lowest BCUT2D eigenvalue weighted by molar-refractivity contribution is -0.120. The van der Waals surface area contributed by atoms with Crippen LogP contribution in [0, 0.1) is 0 Å². The van der Waals surface area contributed by atoms with E-state index >= 15 is 0 Å². The van der Waals surface area contributed by atoms with Gasteiger partial charge >= 0.3 is 0 Å². The van der Waals surface area contributed by atoms with Gasteiger partial charge in [-0.3, -0.25) is 4.79 Å². The van der Waals surface area contributed by atoms with Crippen molar-refractivity contribution in [1.29, 1.82) is 0 Å². The van der Waals surface area contributed by atoms with Crippen LogP contribution in [0.1, 0.15) is 24.9 Å². The van der Waals surface area contributed by atoms with Gasteiger partial charge in [-0.1, -0.05) is 12.1 Å². The van der Waals surface area contributed by atoms with E-state index in [1.807, 2.05) is 24.3 Å². The minimum Gasteiger partial charge on any atom is -0.497 e. The lowest BCUT2D eigenvalue weighted by atomic mass is 10.1. The Hall–Kier alpha value is -1.55. The fourth-order valence-corrected chi connectivity index (χ4v) is 1.54. The Morgan fingerprint density at radius 1 is 1.35 bits per heavy atom. The molecular formula is C13H20N2O2. The summed E-state index contributed by atoms with van der Waals surface area (Å²) < 4.78 is 5.10. The fourth-order valence-electron chi connectivity index (χ4n) is 1.54. The second kappa shape index (κ2) is 6.91. The van der Waals surface area contributed by atoms with Crippen molar-refractivity contribution in [2.24, 2.45) is 0 Å². The molecule has 1 amide bonds. The average Bonchev–Trinajstić information content (AvgIpc) is 2.38. The minimum atomic E-state index is 0.0550. The van der Waals surface area contributed by atoms with Crippen LogP contribution < -0.4 is 15.4 Å². The molecule has 1 aromatic carbocycles. The van der Waals surface area contributed by atoms with Gasteiger partial charge in [0, 0.05) is 26.1 Å². The molecule has 94 valence electrons. The molecule has 4 nitrogen and oxygen atoms in total. The van der Waals surface area contributed by atoms with Crippen LogP contribution >= 0.6 is 0 Å². The zero-order valence-electron chi connectivity index (χ0n) is 10.6. The van der Waals surface area contributed by atoms with E-state index in [4.69, 9.17) is 4.74 Å².